The van der Waals surface area contributed by atoms with Crippen molar-refractivity contribution in [1.29, 1.82) is 0 Å². The smallest absolute Gasteiger partial charge is 0.0469 e. The van der Waals surface area contributed by atoms with Gasteiger partial charge in [0.15, 0.2) is 0 Å². The highest BCUT2D eigenvalue weighted by atomic mass is 16.5. The second-order valence-corrected chi connectivity index (χ2v) is 5.92. The molecule has 1 rings (SSSR count). The largest absolute Gasteiger partial charge is 0.381 e. The molecule has 0 spiro atoms. The summed E-state index contributed by atoms with van der Waals surface area (Å²) in [4.78, 5) is 0. The lowest BCUT2D eigenvalue weighted by Crippen LogP contribution is -2.28. The van der Waals surface area contributed by atoms with Gasteiger partial charge in [0, 0.05) is 13.2 Å². The van der Waals surface area contributed by atoms with Crippen molar-refractivity contribution in [3.8, 4) is 0 Å². The van der Waals surface area contributed by atoms with Crippen LogP contribution in [0.2, 0.25) is 0 Å². The first-order chi connectivity index (χ1) is 7.08. The molecule has 1 heterocycles. The zero-order chi connectivity index (χ0) is 11.1. The fraction of sp³-hybridized carbons (Fsp3) is 1.00. The van der Waals surface area contributed by atoms with Crippen LogP contribution in [0.3, 0.4) is 0 Å². The average Bonchev–Trinajstić information content (AvgIpc) is 2.17. The molecule has 90 valence electrons. The second-order valence-electron chi connectivity index (χ2n) is 5.92. The fourth-order valence-electron chi connectivity index (χ4n) is 2.00. The molecular weight excluding hydrogens is 186 g/mol. The first-order valence-corrected chi connectivity index (χ1v) is 6.36. The lowest BCUT2D eigenvalue weighted by Gasteiger charge is -2.23. The van der Waals surface area contributed by atoms with E-state index in [1.165, 1.54) is 38.8 Å². The molecule has 0 saturated carbocycles. The van der Waals surface area contributed by atoms with Crippen molar-refractivity contribution in [3.63, 3.8) is 0 Å². The van der Waals surface area contributed by atoms with Crippen LogP contribution in [0.4, 0.5) is 0 Å². The van der Waals surface area contributed by atoms with E-state index in [4.69, 9.17) is 4.74 Å². The van der Waals surface area contributed by atoms with Crippen LogP contribution in [0.25, 0.3) is 0 Å². The van der Waals surface area contributed by atoms with Crippen molar-refractivity contribution < 1.29 is 4.74 Å². The van der Waals surface area contributed by atoms with Gasteiger partial charge in [-0.1, -0.05) is 20.8 Å². The highest BCUT2D eigenvalue weighted by Gasteiger charge is 2.13. The quantitative estimate of drug-likeness (QED) is 0.709. The maximum absolute atomic E-state index is 5.34. The van der Waals surface area contributed by atoms with E-state index in [1.807, 2.05) is 0 Å². The third kappa shape index (κ3) is 6.91. The van der Waals surface area contributed by atoms with Gasteiger partial charge in [-0.2, -0.15) is 0 Å². The molecule has 0 atom stereocenters. The maximum Gasteiger partial charge on any atom is 0.0469 e. The number of nitrogens with one attached hydrogen (secondary N) is 1. The van der Waals surface area contributed by atoms with Gasteiger partial charge in [0.2, 0.25) is 0 Å². The summed E-state index contributed by atoms with van der Waals surface area (Å²) in [6.07, 6.45) is 5.10. The average molecular weight is 213 g/mol. The van der Waals surface area contributed by atoms with Gasteiger partial charge in [-0.15, -0.1) is 0 Å². The molecule has 1 aliphatic heterocycles. The molecule has 2 nitrogen and oxygen atoms in total. The lowest BCUT2D eigenvalue weighted by atomic mass is 9.90. The van der Waals surface area contributed by atoms with E-state index in [2.05, 4.69) is 26.1 Å². The second kappa shape index (κ2) is 6.49. The minimum atomic E-state index is 0.486. The molecular formula is C13H27NO. The van der Waals surface area contributed by atoms with Crippen LogP contribution in [0.5, 0.6) is 0 Å². The van der Waals surface area contributed by atoms with Crippen molar-refractivity contribution in [1.82, 2.24) is 5.32 Å². The van der Waals surface area contributed by atoms with Gasteiger partial charge in [0.1, 0.15) is 0 Å². The fourth-order valence-corrected chi connectivity index (χ4v) is 2.00. The molecule has 0 amide bonds. The van der Waals surface area contributed by atoms with E-state index >= 15 is 0 Å². The molecule has 1 fully saturated rings. The Morgan fingerprint density at radius 3 is 2.47 bits per heavy atom. The summed E-state index contributed by atoms with van der Waals surface area (Å²) in [7, 11) is 0. The van der Waals surface area contributed by atoms with E-state index in [0.717, 1.165) is 19.1 Å². The van der Waals surface area contributed by atoms with Crippen LogP contribution in [0.1, 0.15) is 46.5 Å². The standard InChI is InChI=1S/C13H27NO/c1-13(2,3)7-4-8-14-11-12-5-9-15-10-6-12/h12,14H,4-11H2,1-3H3. The van der Waals surface area contributed by atoms with Crippen LogP contribution >= 0.6 is 0 Å². The SMILES string of the molecule is CC(C)(C)CCCNCC1CCOCC1. The summed E-state index contributed by atoms with van der Waals surface area (Å²) >= 11 is 0. The molecule has 15 heavy (non-hydrogen) atoms. The lowest BCUT2D eigenvalue weighted by molar-refractivity contribution is 0.0663. The van der Waals surface area contributed by atoms with Crippen LogP contribution in [0.15, 0.2) is 0 Å². The summed E-state index contributed by atoms with van der Waals surface area (Å²) in [5.74, 6) is 0.855. The van der Waals surface area contributed by atoms with Gasteiger partial charge in [-0.3, -0.25) is 0 Å². The van der Waals surface area contributed by atoms with Gasteiger partial charge in [-0.25, -0.2) is 0 Å². The maximum atomic E-state index is 5.34. The summed E-state index contributed by atoms with van der Waals surface area (Å²) in [6, 6.07) is 0. The van der Waals surface area contributed by atoms with Crippen LogP contribution in [0, 0.1) is 11.3 Å². The van der Waals surface area contributed by atoms with Gasteiger partial charge in [-0.05, 0) is 50.1 Å². The topological polar surface area (TPSA) is 21.3 Å². The number of hydrogen-bond donors (Lipinski definition) is 1. The van der Waals surface area contributed by atoms with Gasteiger partial charge < -0.3 is 10.1 Å². The van der Waals surface area contributed by atoms with E-state index in [-0.39, 0.29) is 0 Å². The van der Waals surface area contributed by atoms with E-state index in [0.29, 0.717) is 5.41 Å². The number of ether oxygens (including phenoxy) is 1. The molecule has 0 radical (unpaired) electrons. The zero-order valence-corrected chi connectivity index (χ0v) is 10.6. The predicted molar refractivity (Wildman–Crippen MR) is 65.1 cm³/mol. The van der Waals surface area contributed by atoms with E-state index in [9.17, 15) is 0 Å². The monoisotopic (exact) mass is 213 g/mol. The van der Waals surface area contributed by atoms with E-state index < -0.39 is 0 Å². The van der Waals surface area contributed by atoms with Crippen LogP contribution < -0.4 is 5.32 Å². The van der Waals surface area contributed by atoms with Crippen LogP contribution in [-0.4, -0.2) is 26.3 Å². The number of rotatable bonds is 5. The van der Waals surface area contributed by atoms with Gasteiger partial charge in [0.25, 0.3) is 0 Å². The minimum absolute atomic E-state index is 0.486. The van der Waals surface area contributed by atoms with Crippen molar-refractivity contribution in [2.45, 2.75) is 46.5 Å². The summed E-state index contributed by atoms with van der Waals surface area (Å²) < 4.78 is 5.34. The van der Waals surface area contributed by atoms with Crippen molar-refractivity contribution in [3.05, 3.63) is 0 Å². The Labute approximate surface area is 94.8 Å². The Morgan fingerprint density at radius 2 is 1.87 bits per heavy atom. The molecule has 0 aromatic carbocycles. The van der Waals surface area contributed by atoms with E-state index in [1.54, 1.807) is 0 Å². The molecule has 0 bridgehead atoms. The zero-order valence-electron chi connectivity index (χ0n) is 10.6. The molecule has 0 aromatic rings. The van der Waals surface area contributed by atoms with Crippen molar-refractivity contribution in [2.75, 3.05) is 26.3 Å². The van der Waals surface area contributed by atoms with Crippen LogP contribution in [-0.2, 0) is 4.74 Å². The molecule has 1 aliphatic rings. The Kier molecular flexibility index (Phi) is 5.62. The van der Waals surface area contributed by atoms with Crippen molar-refractivity contribution >= 4 is 0 Å². The molecule has 2 heteroatoms. The van der Waals surface area contributed by atoms with Gasteiger partial charge >= 0.3 is 0 Å². The minimum Gasteiger partial charge on any atom is -0.381 e. The summed E-state index contributed by atoms with van der Waals surface area (Å²) in [5.41, 5.74) is 0.486. The third-order valence-corrected chi connectivity index (χ3v) is 3.05. The normalized spacial score (nSPS) is 19.4. The molecule has 0 aliphatic carbocycles. The summed E-state index contributed by atoms with van der Waals surface area (Å²) in [5, 5.41) is 3.57. The highest BCUT2D eigenvalue weighted by Crippen LogP contribution is 2.20. The Hall–Kier alpha value is -0.0800. The summed E-state index contributed by atoms with van der Waals surface area (Å²) in [6.45, 7) is 11.2. The van der Waals surface area contributed by atoms with Gasteiger partial charge in [0.05, 0.1) is 0 Å². The highest BCUT2D eigenvalue weighted by molar-refractivity contribution is 4.67. The molecule has 0 unspecified atom stereocenters. The molecule has 0 aromatic heterocycles. The molecule has 1 saturated heterocycles. The first kappa shape index (κ1) is 13.0. The first-order valence-electron chi connectivity index (χ1n) is 6.36. The molecule has 1 N–H and O–H groups in total. The third-order valence-electron chi connectivity index (χ3n) is 3.05. The Balaban J connectivity index is 1.92. The predicted octanol–water partition coefficient (Wildman–Crippen LogP) is 2.83. The number of hydrogen-bond acceptors (Lipinski definition) is 2. The Bertz CT molecular complexity index is 156. The van der Waals surface area contributed by atoms with Crippen molar-refractivity contribution in [2.24, 2.45) is 11.3 Å². The Morgan fingerprint density at radius 1 is 1.20 bits per heavy atom.